The topological polar surface area (TPSA) is 191 Å². The van der Waals surface area contributed by atoms with Crippen molar-refractivity contribution in [3.8, 4) is 0 Å². The van der Waals surface area contributed by atoms with Gasteiger partial charge < -0.3 is 34.8 Å². The van der Waals surface area contributed by atoms with E-state index in [0.29, 0.717) is 0 Å². The van der Waals surface area contributed by atoms with Crippen molar-refractivity contribution < 1.29 is 52.8 Å². The Morgan fingerprint density at radius 1 is 1.05 bits per heavy atom. The number of aliphatic hydroxyl groups excluding tert-OH is 3. The van der Waals surface area contributed by atoms with Crippen LogP contribution in [0.15, 0.2) is 0 Å². The van der Waals surface area contributed by atoms with Gasteiger partial charge in [0.15, 0.2) is 6.29 Å². The van der Waals surface area contributed by atoms with Crippen LogP contribution in [0.25, 0.3) is 0 Å². The fourth-order valence-corrected chi connectivity index (χ4v) is 2.76. The summed E-state index contributed by atoms with van der Waals surface area (Å²) in [4.78, 5) is 35.7. The number of aliphatic hydroxyl groups is 3. The molecule has 0 aliphatic rings. The van der Waals surface area contributed by atoms with Crippen molar-refractivity contribution in [1.82, 2.24) is 0 Å². The first-order valence-corrected chi connectivity index (χ1v) is 7.70. The van der Waals surface area contributed by atoms with Crippen LogP contribution in [0.1, 0.15) is 6.92 Å². The largest absolute Gasteiger partial charge is 0.481 e. The summed E-state index contributed by atoms with van der Waals surface area (Å²) in [5.41, 5.74) is 0. The molecule has 0 aliphatic heterocycles. The highest BCUT2D eigenvalue weighted by Gasteiger charge is 2.38. The molecule has 0 saturated carbocycles. The summed E-state index contributed by atoms with van der Waals surface area (Å²) < 4.78 is 29.0. The minimum absolute atomic E-state index is 0.0920. The van der Waals surface area contributed by atoms with Crippen molar-refractivity contribution in [2.45, 2.75) is 31.3 Å². The smallest absolute Gasteiger partial charge is 0.388 e. The first kappa shape index (κ1) is 18.8. The maximum Gasteiger partial charge on any atom is 0.481 e. The molecule has 11 nitrogen and oxygen atoms in total. The van der Waals surface area contributed by atoms with Crippen molar-refractivity contribution in [3.63, 3.8) is 0 Å². The second-order valence-electron chi connectivity index (χ2n) is 3.46. The monoisotopic (exact) mass is 324 g/mol. The first-order chi connectivity index (χ1) is 8.39. The van der Waals surface area contributed by atoms with Gasteiger partial charge in [-0.15, -0.1) is 0 Å². The summed E-state index contributed by atoms with van der Waals surface area (Å²) in [6.07, 6.45) is -7.75. The Kier molecular flexibility index (Phi) is 6.93. The van der Waals surface area contributed by atoms with Crippen LogP contribution >= 0.6 is 15.6 Å². The van der Waals surface area contributed by atoms with Gasteiger partial charge in [0.2, 0.25) is 0 Å². The van der Waals surface area contributed by atoms with Gasteiger partial charge in [0.1, 0.15) is 18.3 Å². The van der Waals surface area contributed by atoms with Gasteiger partial charge >= 0.3 is 15.6 Å². The molecule has 6 N–H and O–H groups in total. The molecule has 0 aromatic rings. The van der Waals surface area contributed by atoms with E-state index in [1.165, 1.54) is 0 Å². The average molecular weight is 324 g/mol. The number of aldehydes is 1. The zero-order valence-corrected chi connectivity index (χ0v) is 11.3. The predicted octanol–water partition coefficient (Wildman–Crippen LogP) is -2.12. The van der Waals surface area contributed by atoms with Gasteiger partial charge in [-0.2, -0.15) is 4.31 Å². The minimum Gasteiger partial charge on any atom is -0.388 e. The van der Waals surface area contributed by atoms with Gasteiger partial charge in [-0.1, -0.05) is 0 Å². The summed E-state index contributed by atoms with van der Waals surface area (Å²) in [6.45, 7) is 0.942. The SMILES string of the molecule is C[C@H](OP(=O)(O)OP(=O)(O)O)[C@H](O)[C@@H](O)[C@@H](O)C=O. The Labute approximate surface area is 107 Å². The van der Waals surface area contributed by atoms with Crippen LogP contribution < -0.4 is 0 Å². The highest BCUT2D eigenvalue weighted by atomic mass is 31.3. The molecular formula is C6H14O11P2. The van der Waals surface area contributed by atoms with E-state index in [4.69, 9.17) is 19.8 Å². The normalized spacial score (nSPS) is 22.1. The third-order valence-corrected chi connectivity index (χ3v) is 4.10. The lowest BCUT2D eigenvalue weighted by Gasteiger charge is -2.26. The highest BCUT2D eigenvalue weighted by molar-refractivity contribution is 7.60. The van der Waals surface area contributed by atoms with Crippen LogP contribution in [0.4, 0.5) is 0 Å². The molecule has 0 aromatic heterocycles. The van der Waals surface area contributed by atoms with Gasteiger partial charge in [-0.3, -0.25) is 4.52 Å². The van der Waals surface area contributed by atoms with E-state index in [0.717, 1.165) is 6.92 Å². The van der Waals surface area contributed by atoms with Crippen molar-refractivity contribution in [2.24, 2.45) is 0 Å². The van der Waals surface area contributed by atoms with E-state index in [9.17, 15) is 24.1 Å². The lowest BCUT2D eigenvalue weighted by Crippen LogP contribution is -2.44. The first-order valence-electron chi connectivity index (χ1n) is 4.67. The van der Waals surface area contributed by atoms with Crippen LogP contribution in [-0.4, -0.2) is 60.7 Å². The molecule has 0 fully saturated rings. The van der Waals surface area contributed by atoms with Crippen molar-refractivity contribution >= 4 is 21.9 Å². The molecule has 0 bridgehead atoms. The molecule has 5 atom stereocenters. The number of phosphoric ester groups is 1. The van der Waals surface area contributed by atoms with Crippen LogP contribution in [0.3, 0.4) is 0 Å². The molecular weight excluding hydrogens is 310 g/mol. The number of carbonyl (C=O) groups excluding carboxylic acids is 1. The Morgan fingerprint density at radius 3 is 1.89 bits per heavy atom. The number of phosphoric acid groups is 2. The summed E-state index contributed by atoms with van der Waals surface area (Å²) in [7, 11) is -10.5. The Bertz CT molecular complexity index is 391. The zero-order chi connectivity index (χ0) is 15.4. The molecule has 0 aliphatic carbocycles. The molecule has 0 radical (unpaired) electrons. The summed E-state index contributed by atoms with van der Waals surface area (Å²) >= 11 is 0. The molecule has 1 unspecified atom stereocenters. The minimum atomic E-state index is -5.31. The molecule has 19 heavy (non-hydrogen) atoms. The van der Waals surface area contributed by atoms with E-state index in [1.54, 1.807) is 0 Å². The van der Waals surface area contributed by atoms with Gasteiger partial charge in [-0.05, 0) is 6.92 Å². The molecule has 0 saturated heterocycles. The Hall–Kier alpha value is -0.190. The molecule has 0 spiro atoms. The standard InChI is InChI=1S/C6H14O11P2/c1-3(5(9)6(10)4(8)2-7)16-19(14,15)17-18(11,12)13/h2-6,8-10H,1H3,(H,14,15)(H2,11,12,13)/t3-,4-,5-,6-/m0/s1. The van der Waals surface area contributed by atoms with E-state index in [1.807, 2.05) is 0 Å². The molecule has 0 aromatic carbocycles. The number of carbonyl (C=O) groups is 1. The lowest BCUT2D eigenvalue weighted by atomic mass is 10.1. The van der Waals surface area contributed by atoms with E-state index in [-0.39, 0.29) is 6.29 Å². The second kappa shape index (κ2) is 7.00. The predicted molar refractivity (Wildman–Crippen MR) is 57.6 cm³/mol. The van der Waals surface area contributed by atoms with Crippen molar-refractivity contribution in [2.75, 3.05) is 0 Å². The number of hydrogen-bond donors (Lipinski definition) is 6. The number of hydrogen-bond acceptors (Lipinski definition) is 8. The van der Waals surface area contributed by atoms with E-state index < -0.39 is 40.1 Å². The van der Waals surface area contributed by atoms with Gasteiger partial charge in [-0.25, -0.2) is 9.13 Å². The van der Waals surface area contributed by atoms with Crippen LogP contribution in [0.2, 0.25) is 0 Å². The van der Waals surface area contributed by atoms with Crippen LogP contribution in [-0.2, 0) is 22.8 Å². The summed E-state index contributed by atoms with van der Waals surface area (Å²) in [6, 6.07) is 0. The van der Waals surface area contributed by atoms with Crippen molar-refractivity contribution in [1.29, 1.82) is 0 Å². The van der Waals surface area contributed by atoms with E-state index >= 15 is 0 Å². The van der Waals surface area contributed by atoms with Crippen LogP contribution in [0, 0.1) is 0 Å². The third-order valence-electron chi connectivity index (χ3n) is 1.83. The van der Waals surface area contributed by atoms with Crippen LogP contribution in [0.5, 0.6) is 0 Å². The lowest BCUT2D eigenvalue weighted by molar-refractivity contribution is -0.131. The van der Waals surface area contributed by atoms with Gasteiger partial charge in [0.25, 0.3) is 0 Å². The second-order valence-corrected chi connectivity index (χ2v) is 6.24. The van der Waals surface area contributed by atoms with E-state index in [2.05, 4.69) is 8.83 Å². The van der Waals surface area contributed by atoms with Gasteiger partial charge in [0, 0.05) is 0 Å². The Balaban J connectivity index is 4.68. The molecule has 114 valence electrons. The van der Waals surface area contributed by atoms with Crippen molar-refractivity contribution in [3.05, 3.63) is 0 Å². The molecule has 0 heterocycles. The summed E-state index contributed by atoms with van der Waals surface area (Å²) in [5, 5.41) is 27.5. The third kappa shape index (κ3) is 7.23. The molecule has 0 amide bonds. The Morgan fingerprint density at radius 2 is 1.53 bits per heavy atom. The highest BCUT2D eigenvalue weighted by Crippen LogP contribution is 2.58. The quantitative estimate of drug-likeness (QED) is 0.211. The molecule has 13 heteroatoms. The number of rotatable bonds is 8. The maximum atomic E-state index is 11.1. The fourth-order valence-electron chi connectivity index (χ4n) is 0.986. The average Bonchev–Trinajstić information content (AvgIpc) is 2.21. The fraction of sp³-hybridized carbons (Fsp3) is 0.833. The maximum absolute atomic E-state index is 11.1. The summed E-state index contributed by atoms with van der Waals surface area (Å²) in [5.74, 6) is 0. The molecule has 0 rings (SSSR count). The zero-order valence-electron chi connectivity index (χ0n) is 9.51. The van der Waals surface area contributed by atoms with Gasteiger partial charge in [0.05, 0.1) is 6.10 Å².